The van der Waals surface area contributed by atoms with Crippen molar-refractivity contribution in [2.45, 2.75) is 18.8 Å². The molecule has 0 spiro atoms. The molecular weight excluding hydrogens is 210 g/mol. The van der Waals surface area contributed by atoms with Crippen molar-refractivity contribution in [2.75, 3.05) is 20.1 Å². The first-order chi connectivity index (χ1) is 6.75. The molecule has 1 N–H and O–H groups in total. The Morgan fingerprint density at radius 3 is 2.20 bits per heavy atom. The molecule has 15 heavy (non-hydrogen) atoms. The second-order valence-electron chi connectivity index (χ2n) is 4.17. The first kappa shape index (κ1) is 12.3. The highest BCUT2D eigenvalue weighted by Crippen LogP contribution is 2.28. The number of rotatable bonds is 1. The van der Waals surface area contributed by atoms with Crippen molar-refractivity contribution in [2.24, 2.45) is 0 Å². The van der Waals surface area contributed by atoms with Gasteiger partial charge in [0.2, 0.25) is 0 Å². The maximum atomic E-state index is 9.19. The summed E-state index contributed by atoms with van der Waals surface area (Å²) in [5, 5.41) is 9.19. The average Bonchev–Trinajstić information content (AvgIpc) is 2.21. The Balaban J connectivity index is 0.00000112. The van der Waals surface area contributed by atoms with E-state index in [1.165, 1.54) is 31.5 Å². The molecule has 2 rings (SSSR count). The summed E-state index contributed by atoms with van der Waals surface area (Å²) in [6, 6.07) is 7.66. The topological polar surface area (TPSA) is 23.5 Å². The van der Waals surface area contributed by atoms with Crippen LogP contribution >= 0.6 is 0 Å². The number of aromatic hydroxyl groups is 1. The van der Waals surface area contributed by atoms with Gasteiger partial charge >= 0.3 is 0 Å². The number of phenols is 1. The lowest BCUT2D eigenvalue weighted by molar-refractivity contribution is -0.00000397. The van der Waals surface area contributed by atoms with Crippen molar-refractivity contribution >= 4 is 0 Å². The van der Waals surface area contributed by atoms with Crippen molar-refractivity contribution in [3.63, 3.8) is 0 Å². The summed E-state index contributed by atoms with van der Waals surface area (Å²) in [6.07, 6.45) is 2.47. The van der Waals surface area contributed by atoms with Gasteiger partial charge in [-0.1, -0.05) is 12.1 Å². The molecule has 1 saturated heterocycles. The first-order valence-corrected chi connectivity index (χ1v) is 5.23. The van der Waals surface area contributed by atoms with Gasteiger partial charge in [-0.25, -0.2) is 0 Å². The van der Waals surface area contributed by atoms with E-state index < -0.39 is 0 Å². The Morgan fingerprint density at radius 1 is 1.13 bits per heavy atom. The number of likely N-dealkylation sites (tertiary alicyclic amines) is 1. The number of hydrogen-bond acceptors (Lipinski definition) is 2. The second kappa shape index (κ2) is 5.38. The van der Waals surface area contributed by atoms with E-state index in [2.05, 4.69) is 11.9 Å². The highest BCUT2D eigenvalue weighted by Gasteiger charge is 2.17. The van der Waals surface area contributed by atoms with Gasteiger partial charge in [0, 0.05) is 0 Å². The molecule has 2 nitrogen and oxygen atoms in total. The third-order valence-electron chi connectivity index (χ3n) is 3.08. The minimum Gasteiger partial charge on any atom is -1.00 e. The van der Waals surface area contributed by atoms with Crippen LogP contribution in [0.15, 0.2) is 24.3 Å². The molecule has 0 bridgehead atoms. The second-order valence-corrected chi connectivity index (χ2v) is 4.17. The van der Waals surface area contributed by atoms with Crippen molar-refractivity contribution in [1.29, 1.82) is 0 Å². The number of phenolic OH excluding ortho intramolecular Hbond substituents is 1. The monoisotopic (exact) mass is 226 g/mol. The van der Waals surface area contributed by atoms with Crippen molar-refractivity contribution < 1.29 is 17.5 Å². The minimum absolute atomic E-state index is 0. The number of benzene rings is 1. The van der Waals surface area contributed by atoms with Gasteiger partial charge in [0.15, 0.2) is 0 Å². The SMILES string of the molecule is CN1CCC(c2ccc(O)cc2)CC1.[Cl-]. The zero-order valence-corrected chi connectivity index (χ0v) is 9.74. The fraction of sp³-hybridized carbons (Fsp3) is 0.500. The molecule has 1 aromatic carbocycles. The molecule has 1 aliphatic rings. The molecule has 0 unspecified atom stereocenters. The van der Waals surface area contributed by atoms with Crippen LogP contribution in [0, 0.1) is 0 Å². The zero-order valence-electron chi connectivity index (χ0n) is 8.99. The fourth-order valence-electron chi connectivity index (χ4n) is 2.09. The van der Waals surface area contributed by atoms with E-state index in [1.807, 2.05) is 12.1 Å². The van der Waals surface area contributed by atoms with Gasteiger partial charge < -0.3 is 22.4 Å². The van der Waals surface area contributed by atoms with Crippen molar-refractivity contribution in [3.8, 4) is 5.75 Å². The smallest absolute Gasteiger partial charge is 0.115 e. The van der Waals surface area contributed by atoms with E-state index in [9.17, 15) is 5.11 Å². The summed E-state index contributed by atoms with van der Waals surface area (Å²) in [5.74, 6) is 1.05. The lowest BCUT2D eigenvalue weighted by Gasteiger charge is -2.29. The molecule has 84 valence electrons. The largest absolute Gasteiger partial charge is 1.00 e. The highest BCUT2D eigenvalue weighted by molar-refractivity contribution is 5.28. The van der Waals surface area contributed by atoms with Crippen LogP contribution in [0.5, 0.6) is 5.75 Å². The molecular formula is C12H17ClNO-. The third kappa shape index (κ3) is 3.11. The van der Waals surface area contributed by atoms with Crippen LogP contribution in [0.1, 0.15) is 24.3 Å². The van der Waals surface area contributed by atoms with Crippen LogP contribution in [0.2, 0.25) is 0 Å². The standard InChI is InChI=1S/C12H17NO.ClH/c1-13-8-6-11(7-9-13)10-2-4-12(14)5-3-10;/h2-5,11,14H,6-9H2,1H3;1H/p-1. The molecule has 3 heteroatoms. The van der Waals surface area contributed by atoms with Crippen LogP contribution in [-0.2, 0) is 0 Å². The minimum atomic E-state index is 0. The van der Waals surface area contributed by atoms with Gasteiger partial charge in [0.05, 0.1) is 0 Å². The van der Waals surface area contributed by atoms with Crippen molar-refractivity contribution in [3.05, 3.63) is 29.8 Å². The Morgan fingerprint density at radius 2 is 1.67 bits per heavy atom. The van der Waals surface area contributed by atoms with Crippen LogP contribution in [-0.4, -0.2) is 30.1 Å². The van der Waals surface area contributed by atoms with Crippen molar-refractivity contribution in [1.82, 2.24) is 4.90 Å². The molecule has 0 aromatic heterocycles. The number of halogens is 1. The molecule has 1 aliphatic heterocycles. The van der Waals surface area contributed by atoms with Crippen LogP contribution in [0.25, 0.3) is 0 Å². The molecule has 0 saturated carbocycles. The summed E-state index contributed by atoms with van der Waals surface area (Å²) in [6.45, 7) is 2.37. The lowest BCUT2D eigenvalue weighted by Crippen LogP contribution is -3.00. The number of nitrogens with zero attached hydrogens (tertiary/aromatic N) is 1. The third-order valence-corrected chi connectivity index (χ3v) is 3.08. The maximum Gasteiger partial charge on any atom is 0.115 e. The number of piperidine rings is 1. The van der Waals surface area contributed by atoms with Crippen LogP contribution in [0.4, 0.5) is 0 Å². The average molecular weight is 227 g/mol. The molecule has 0 amide bonds. The van der Waals surface area contributed by atoms with E-state index in [0.717, 1.165) is 0 Å². The predicted octanol–water partition coefficient (Wildman–Crippen LogP) is -0.795. The highest BCUT2D eigenvalue weighted by atomic mass is 35.5. The molecule has 1 heterocycles. The Bertz CT molecular complexity index is 291. The van der Waals surface area contributed by atoms with Crippen LogP contribution in [0.3, 0.4) is 0 Å². The van der Waals surface area contributed by atoms with E-state index in [4.69, 9.17) is 0 Å². The number of hydrogen-bond donors (Lipinski definition) is 1. The lowest BCUT2D eigenvalue weighted by atomic mass is 9.90. The quantitative estimate of drug-likeness (QED) is 0.678. The van der Waals surface area contributed by atoms with Gasteiger partial charge in [-0.2, -0.15) is 0 Å². The summed E-state index contributed by atoms with van der Waals surface area (Å²) >= 11 is 0. The van der Waals surface area contributed by atoms with Gasteiger partial charge in [0.1, 0.15) is 5.75 Å². The summed E-state index contributed by atoms with van der Waals surface area (Å²) in [7, 11) is 2.17. The Hall–Kier alpha value is -0.730. The normalized spacial score (nSPS) is 18.5. The van der Waals surface area contributed by atoms with E-state index in [0.29, 0.717) is 11.7 Å². The summed E-state index contributed by atoms with van der Waals surface area (Å²) in [5.41, 5.74) is 1.37. The fourth-order valence-corrected chi connectivity index (χ4v) is 2.09. The maximum absolute atomic E-state index is 9.19. The predicted molar refractivity (Wildman–Crippen MR) is 57.6 cm³/mol. The van der Waals surface area contributed by atoms with Gasteiger partial charge in [-0.15, -0.1) is 0 Å². The Kier molecular flexibility index (Phi) is 4.43. The molecule has 1 aromatic rings. The van der Waals surface area contributed by atoms with E-state index in [1.54, 1.807) is 12.1 Å². The molecule has 0 radical (unpaired) electrons. The van der Waals surface area contributed by atoms with Crippen LogP contribution < -0.4 is 12.4 Å². The zero-order chi connectivity index (χ0) is 9.97. The van der Waals surface area contributed by atoms with Gasteiger partial charge in [-0.3, -0.25) is 0 Å². The Labute approximate surface area is 97.3 Å². The van der Waals surface area contributed by atoms with Gasteiger partial charge in [-0.05, 0) is 56.6 Å². The first-order valence-electron chi connectivity index (χ1n) is 5.23. The summed E-state index contributed by atoms with van der Waals surface area (Å²) < 4.78 is 0. The van der Waals surface area contributed by atoms with E-state index in [-0.39, 0.29) is 12.4 Å². The molecule has 1 fully saturated rings. The van der Waals surface area contributed by atoms with Gasteiger partial charge in [0.25, 0.3) is 0 Å². The van der Waals surface area contributed by atoms with E-state index >= 15 is 0 Å². The molecule has 0 atom stereocenters. The summed E-state index contributed by atoms with van der Waals surface area (Å²) in [4.78, 5) is 2.37. The molecule has 0 aliphatic carbocycles.